The van der Waals surface area contributed by atoms with Gasteiger partial charge >= 0.3 is 0 Å². The summed E-state index contributed by atoms with van der Waals surface area (Å²) in [5, 5.41) is 1.06. The number of Topliss-reactive ketones (excluding diaryl/α,β-unsaturated/α-hetero) is 1. The number of piperidine rings is 2. The summed E-state index contributed by atoms with van der Waals surface area (Å²) in [6, 6.07) is 10.7. The van der Waals surface area contributed by atoms with Crippen LogP contribution in [-0.4, -0.2) is 59.3 Å². The summed E-state index contributed by atoms with van der Waals surface area (Å²) in [6.07, 6.45) is 16.0. The van der Waals surface area contributed by atoms with E-state index in [0.29, 0.717) is 12.3 Å². The third kappa shape index (κ3) is 6.02. The number of carbonyl (C=O) groups excluding carboxylic acids is 1. The predicted molar refractivity (Wildman–Crippen MR) is 136 cm³/mol. The number of aromatic nitrogens is 1. The number of likely N-dealkylation sites (tertiary alicyclic amines) is 2. The molecule has 33 heavy (non-hydrogen) atoms. The van der Waals surface area contributed by atoms with Gasteiger partial charge in [-0.15, -0.1) is 0 Å². The fourth-order valence-corrected chi connectivity index (χ4v) is 6.60. The van der Waals surface area contributed by atoms with Gasteiger partial charge in [-0.2, -0.15) is 0 Å². The minimum Gasteiger partial charge on any atom is -0.303 e. The molecule has 178 valence electrons. The van der Waals surface area contributed by atoms with E-state index in [-0.39, 0.29) is 5.78 Å². The summed E-state index contributed by atoms with van der Waals surface area (Å²) in [5.41, 5.74) is 1.80. The van der Waals surface area contributed by atoms with Gasteiger partial charge in [-0.05, 0) is 101 Å². The number of fused-ring (bicyclic) bond motifs is 1. The first-order valence-corrected chi connectivity index (χ1v) is 13.6. The maximum absolute atomic E-state index is 12.9. The van der Waals surface area contributed by atoms with Crippen molar-refractivity contribution >= 4 is 16.7 Å². The zero-order valence-electron chi connectivity index (χ0n) is 20.3. The van der Waals surface area contributed by atoms with Crippen molar-refractivity contribution in [2.24, 2.45) is 11.8 Å². The zero-order valence-corrected chi connectivity index (χ0v) is 20.3. The molecule has 2 aliphatic heterocycles. The summed E-state index contributed by atoms with van der Waals surface area (Å²) in [7, 11) is 0. The zero-order chi connectivity index (χ0) is 22.5. The van der Waals surface area contributed by atoms with Gasteiger partial charge in [0.15, 0.2) is 5.78 Å². The Balaban J connectivity index is 1.07. The van der Waals surface area contributed by atoms with E-state index < -0.39 is 0 Å². The predicted octanol–water partition coefficient (Wildman–Crippen LogP) is 5.95. The van der Waals surface area contributed by atoms with Crippen LogP contribution in [0.4, 0.5) is 0 Å². The van der Waals surface area contributed by atoms with E-state index in [2.05, 4.69) is 14.8 Å². The topological polar surface area (TPSA) is 36.4 Å². The van der Waals surface area contributed by atoms with Crippen LogP contribution in [0.1, 0.15) is 81.0 Å². The molecule has 2 saturated heterocycles. The molecule has 5 rings (SSSR count). The Kier molecular flexibility index (Phi) is 7.73. The summed E-state index contributed by atoms with van der Waals surface area (Å²) in [5.74, 6) is 1.92. The normalized spacial score (nSPS) is 24.3. The minimum absolute atomic E-state index is 0.286. The Morgan fingerprint density at radius 3 is 2.58 bits per heavy atom. The average Bonchev–Trinajstić information content (AvgIpc) is 2.88. The molecule has 4 nitrogen and oxygen atoms in total. The molecule has 0 N–H and O–H groups in total. The summed E-state index contributed by atoms with van der Waals surface area (Å²) < 4.78 is 0. The van der Waals surface area contributed by atoms with E-state index in [1.54, 1.807) is 6.20 Å². The molecule has 3 heterocycles. The van der Waals surface area contributed by atoms with Crippen LogP contribution in [0.2, 0.25) is 0 Å². The fourth-order valence-electron chi connectivity index (χ4n) is 6.60. The first kappa shape index (κ1) is 23.0. The van der Waals surface area contributed by atoms with E-state index in [1.807, 2.05) is 30.3 Å². The van der Waals surface area contributed by atoms with Crippen molar-refractivity contribution < 1.29 is 4.79 Å². The Hall–Kier alpha value is -1.78. The Bertz CT molecular complexity index is 914. The van der Waals surface area contributed by atoms with Crippen molar-refractivity contribution in [1.29, 1.82) is 0 Å². The maximum Gasteiger partial charge on any atom is 0.162 e. The van der Waals surface area contributed by atoms with Gasteiger partial charge in [0.05, 0.1) is 5.52 Å². The number of hydrogen-bond donors (Lipinski definition) is 0. The number of nitrogens with zero attached hydrogens (tertiary/aromatic N) is 3. The molecule has 1 unspecified atom stereocenters. The monoisotopic (exact) mass is 447 g/mol. The molecule has 3 fully saturated rings. The maximum atomic E-state index is 12.9. The molecular formula is C29H41N3O. The largest absolute Gasteiger partial charge is 0.303 e. The number of carbonyl (C=O) groups is 1. The van der Waals surface area contributed by atoms with Gasteiger partial charge in [-0.3, -0.25) is 9.78 Å². The van der Waals surface area contributed by atoms with Gasteiger partial charge in [0.2, 0.25) is 0 Å². The van der Waals surface area contributed by atoms with Crippen molar-refractivity contribution in [3.8, 4) is 0 Å². The number of benzene rings is 1. The highest BCUT2D eigenvalue weighted by molar-refractivity contribution is 5.99. The van der Waals surface area contributed by atoms with Gasteiger partial charge in [-0.1, -0.05) is 25.3 Å². The molecular weight excluding hydrogens is 406 g/mol. The highest BCUT2D eigenvalue weighted by Crippen LogP contribution is 2.29. The molecule has 1 saturated carbocycles. The lowest BCUT2D eigenvalue weighted by atomic mass is 9.87. The average molecular weight is 448 g/mol. The lowest BCUT2D eigenvalue weighted by Crippen LogP contribution is -2.49. The molecule has 4 heteroatoms. The Labute approximate surface area is 199 Å². The van der Waals surface area contributed by atoms with Gasteiger partial charge < -0.3 is 9.80 Å². The molecule has 0 radical (unpaired) electrons. The second-order valence-electron chi connectivity index (χ2n) is 10.9. The second-order valence-corrected chi connectivity index (χ2v) is 10.9. The van der Waals surface area contributed by atoms with Crippen LogP contribution in [-0.2, 0) is 0 Å². The van der Waals surface area contributed by atoms with Crippen molar-refractivity contribution in [2.45, 2.75) is 76.7 Å². The summed E-state index contributed by atoms with van der Waals surface area (Å²) in [6.45, 7) is 6.38. The van der Waals surface area contributed by atoms with Gasteiger partial charge in [0.1, 0.15) is 0 Å². The van der Waals surface area contributed by atoms with Crippen LogP contribution in [0.5, 0.6) is 0 Å². The van der Waals surface area contributed by atoms with Crippen molar-refractivity contribution in [2.75, 3.05) is 32.7 Å². The van der Waals surface area contributed by atoms with Crippen LogP contribution < -0.4 is 0 Å². The molecule has 1 aromatic carbocycles. The quantitative estimate of drug-likeness (QED) is 0.491. The Morgan fingerprint density at radius 2 is 1.73 bits per heavy atom. The fraction of sp³-hybridized carbons (Fsp3) is 0.655. The SMILES string of the molecule is O=C(CCC1CCCN(C2CCN(CC3CCCCC3)CC2)C1)c1ccc2ncccc2c1. The number of pyridine rings is 1. The molecule has 1 aromatic heterocycles. The number of rotatable bonds is 7. The molecule has 1 aliphatic carbocycles. The van der Waals surface area contributed by atoms with E-state index in [0.717, 1.165) is 34.8 Å². The van der Waals surface area contributed by atoms with Crippen LogP contribution in [0, 0.1) is 11.8 Å². The summed E-state index contributed by atoms with van der Waals surface area (Å²) >= 11 is 0. The Morgan fingerprint density at radius 1 is 0.909 bits per heavy atom. The van der Waals surface area contributed by atoms with Crippen LogP contribution in [0.25, 0.3) is 10.9 Å². The van der Waals surface area contributed by atoms with Crippen molar-refractivity contribution in [1.82, 2.24) is 14.8 Å². The van der Waals surface area contributed by atoms with E-state index in [4.69, 9.17) is 0 Å². The van der Waals surface area contributed by atoms with Gasteiger partial charge in [0.25, 0.3) is 0 Å². The molecule has 1 atom stereocenters. The molecule has 3 aliphatic rings. The highest BCUT2D eigenvalue weighted by atomic mass is 16.1. The van der Waals surface area contributed by atoms with E-state index >= 15 is 0 Å². The lowest BCUT2D eigenvalue weighted by molar-refractivity contribution is 0.0610. The summed E-state index contributed by atoms with van der Waals surface area (Å²) in [4.78, 5) is 22.8. The molecule has 0 spiro atoms. The first-order chi connectivity index (χ1) is 16.2. The first-order valence-electron chi connectivity index (χ1n) is 13.6. The minimum atomic E-state index is 0.286. The third-order valence-electron chi connectivity index (χ3n) is 8.57. The van der Waals surface area contributed by atoms with Gasteiger partial charge in [0, 0.05) is 42.7 Å². The number of ketones is 1. The third-order valence-corrected chi connectivity index (χ3v) is 8.57. The van der Waals surface area contributed by atoms with Crippen LogP contribution >= 0.6 is 0 Å². The van der Waals surface area contributed by atoms with E-state index in [1.165, 1.54) is 90.5 Å². The highest BCUT2D eigenvalue weighted by Gasteiger charge is 2.30. The molecule has 0 bridgehead atoms. The van der Waals surface area contributed by atoms with Crippen LogP contribution in [0.3, 0.4) is 0 Å². The van der Waals surface area contributed by atoms with Crippen LogP contribution in [0.15, 0.2) is 36.5 Å². The second kappa shape index (κ2) is 11.1. The van der Waals surface area contributed by atoms with Gasteiger partial charge in [-0.25, -0.2) is 0 Å². The lowest BCUT2D eigenvalue weighted by Gasteiger charge is -2.43. The van der Waals surface area contributed by atoms with Crippen molar-refractivity contribution in [3.63, 3.8) is 0 Å². The molecule has 2 aromatic rings. The van der Waals surface area contributed by atoms with Crippen molar-refractivity contribution in [3.05, 3.63) is 42.1 Å². The smallest absolute Gasteiger partial charge is 0.162 e. The standard InChI is InChI=1S/C29H41N3O/c33-29(26-11-12-28-25(20-26)9-4-16-30-28)13-10-24-8-5-17-32(22-24)27-14-18-31(19-15-27)21-23-6-2-1-3-7-23/h4,9,11-12,16,20,23-24,27H,1-3,5-8,10,13-15,17-19,21-22H2. The number of hydrogen-bond acceptors (Lipinski definition) is 4. The molecule has 0 amide bonds. The van der Waals surface area contributed by atoms with E-state index in [9.17, 15) is 4.79 Å².